The average molecular weight is 265 g/mol. The Morgan fingerprint density at radius 3 is 3.06 bits per heavy atom. The second-order valence-corrected chi connectivity index (χ2v) is 4.96. The average Bonchev–Trinajstić information content (AvgIpc) is 2.82. The summed E-state index contributed by atoms with van der Waals surface area (Å²) < 4.78 is 8.53. The smallest absolute Gasteiger partial charge is 0.136 e. The molecule has 0 amide bonds. The Balaban J connectivity index is 2.26. The van der Waals surface area contributed by atoms with Gasteiger partial charge in [-0.25, -0.2) is 4.99 Å². The van der Waals surface area contributed by atoms with Crippen molar-refractivity contribution in [3.05, 3.63) is 35.6 Å². The summed E-state index contributed by atoms with van der Waals surface area (Å²) in [5, 5.41) is 0.680. The highest BCUT2D eigenvalue weighted by Gasteiger charge is 2.17. The van der Waals surface area contributed by atoms with Gasteiger partial charge in [-0.2, -0.15) is 0 Å². The van der Waals surface area contributed by atoms with Crippen molar-refractivity contribution in [2.24, 2.45) is 4.99 Å². The number of nitrogens with zero attached hydrogens (tertiary/aromatic N) is 1. The summed E-state index contributed by atoms with van der Waals surface area (Å²) in [5.41, 5.74) is 1.83. The first-order chi connectivity index (χ1) is 8.24. The number of fused-ring (bicyclic) bond motifs is 1. The van der Waals surface area contributed by atoms with Crippen LogP contribution in [0, 0.1) is 0 Å². The molecule has 1 aromatic heterocycles. The molecule has 1 N–H and O–H groups in total. The van der Waals surface area contributed by atoms with Gasteiger partial charge in [-0.3, -0.25) is 0 Å². The molecule has 2 heterocycles. The molecule has 0 fully saturated rings. The number of hydrogen-bond donors (Lipinski definition) is 1. The summed E-state index contributed by atoms with van der Waals surface area (Å²) in [4.78, 5) is 5.52. The largest absolute Gasteiger partial charge is 0.464 e. The fraction of sp³-hybridized carbons (Fsp3) is 0.0833. The van der Waals surface area contributed by atoms with Crippen LogP contribution in [0.2, 0.25) is 5.02 Å². The lowest BCUT2D eigenvalue weighted by molar-refractivity contribution is 0.582. The number of nitrogens with one attached hydrogen (secondary N) is 1. The van der Waals surface area contributed by atoms with Gasteiger partial charge < -0.3 is 9.14 Å². The number of hydrogen-bond acceptors (Lipinski definition) is 4. The second kappa shape index (κ2) is 4.13. The minimum Gasteiger partial charge on any atom is -0.464 e. The van der Waals surface area contributed by atoms with Gasteiger partial charge in [0.25, 0.3) is 0 Å². The molecular weight excluding hydrogens is 256 g/mol. The third-order valence-electron chi connectivity index (χ3n) is 2.41. The van der Waals surface area contributed by atoms with E-state index in [2.05, 4.69) is 9.71 Å². The Hall–Kier alpha value is -1.39. The monoisotopic (exact) mass is 264 g/mol. The van der Waals surface area contributed by atoms with Gasteiger partial charge in [0.2, 0.25) is 0 Å². The van der Waals surface area contributed by atoms with E-state index in [1.165, 1.54) is 11.9 Å². The minimum atomic E-state index is 0.680. The Labute approximate surface area is 108 Å². The normalized spacial score (nSPS) is 13.9. The molecule has 3 rings (SSSR count). The number of amidine groups is 1. The van der Waals surface area contributed by atoms with E-state index in [9.17, 15) is 0 Å². The lowest BCUT2D eigenvalue weighted by Gasteiger charge is -2.16. The van der Waals surface area contributed by atoms with Gasteiger partial charge >= 0.3 is 0 Å². The quantitative estimate of drug-likeness (QED) is 0.782. The summed E-state index contributed by atoms with van der Waals surface area (Å²) in [6.45, 7) is 1.93. The van der Waals surface area contributed by atoms with Crippen LogP contribution in [0.5, 0.6) is 0 Å². The summed E-state index contributed by atoms with van der Waals surface area (Å²) in [6.07, 6.45) is 1.65. The molecule has 0 atom stereocenters. The Morgan fingerprint density at radius 2 is 2.29 bits per heavy atom. The van der Waals surface area contributed by atoms with Crippen LogP contribution in [0.1, 0.15) is 6.92 Å². The standard InChI is InChI=1S/C12H9ClN2OS/c1-7-14-12-9(10-3-2-4-16-10)5-8(13)6-11(12)17-15-7/h2-6H,1H3,(H,14,15). The number of aliphatic imine (C=N–C) groups is 1. The van der Waals surface area contributed by atoms with E-state index in [0.717, 1.165) is 27.7 Å². The predicted molar refractivity (Wildman–Crippen MR) is 70.9 cm³/mol. The third-order valence-corrected chi connectivity index (χ3v) is 3.56. The highest BCUT2D eigenvalue weighted by atomic mass is 35.5. The first-order valence-electron chi connectivity index (χ1n) is 5.09. The van der Waals surface area contributed by atoms with Crippen molar-refractivity contribution in [2.75, 3.05) is 0 Å². The Morgan fingerprint density at radius 1 is 1.41 bits per heavy atom. The number of benzene rings is 1. The van der Waals surface area contributed by atoms with Crippen molar-refractivity contribution in [1.29, 1.82) is 0 Å². The van der Waals surface area contributed by atoms with Crippen molar-refractivity contribution in [2.45, 2.75) is 11.8 Å². The van der Waals surface area contributed by atoms with Crippen LogP contribution in [0.15, 0.2) is 44.8 Å². The molecule has 1 aromatic carbocycles. The number of furan rings is 1. The molecule has 86 valence electrons. The maximum absolute atomic E-state index is 6.10. The summed E-state index contributed by atoms with van der Waals surface area (Å²) in [6, 6.07) is 7.54. The lowest BCUT2D eigenvalue weighted by Crippen LogP contribution is -2.14. The first-order valence-corrected chi connectivity index (χ1v) is 6.29. The molecule has 1 aliphatic heterocycles. The third kappa shape index (κ3) is 1.94. The Bertz CT molecular complexity index is 593. The number of rotatable bonds is 1. The van der Waals surface area contributed by atoms with Gasteiger partial charge in [0.1, 0.15) is 11.6 Å². The van der Waals surface area contributed by atoms with Crippen LogP contribution in [-0.4, -0.2) is 5.84 Å². The zero-order valence-electron chi connectivity index (χ0n) is 9.03. The molecule has 1 aliphatic rings. The highest BCUT2D eigenvalue weighted by Crippen LogP contribution is 2.42. The van der Waals surface area contributed by atoms with Crippen molar-refractivity contribution in [3.8, 4) is 11.3 Å². The molecule has 0 bridgehead atoms. The lowest BCUT2D eigenvalue weighted by atomic mass is 10.1. The van der Waals surface area contributed by atoms with Gasteiger partial charge in [-0.05, 0) is 43.1 Å². The van der Waals surface area contributed by atoms with Crippen molar-refractivity contribution >= 4 is 35.1 Å². The molecule has 2 aromatic rings. The van der Waals surface area contributed by atoms with Crippen LogP contribution >= 0.6 is 23.5 Å². The first kappa shape index (κ1) is 10.7. The molecule has 0 radical (unpaired) electrons. The molecule has 0 spiro atoms. The SMILES string of the molecule is CC1=Nc2c(cc(Cl)cc2-c2ccco2)SN1. The maximum Gasteiger partial charge on any atom is 0.136 e. The molecule has 17 heavy (non-hydrogen) atoms. The van der Waals surface area contributed by atoms with Crippen molar-refractivity contribution in [1.82, 2.24) is 4.72 Å². The van der Waals surface area contributed by atoms with Crippen molar-refractivity contribution < 1.29 is 4.42 Å². The highest BCUT2D eigenvalue weighted by molar-refractivity contribution is 7.98. The van der Waals surface area contributed by atoms with E-state index in [1.54, 1.807) is 6.26 Å². The molecule has 0 aliphatic carbocycles. The Kier molecular flexibility index (Phi) is 2.61. The summed E-state index contributed by atoms with van der Waals surface area (Å²) >= 11 is 7.62. The van der Waals surface area contributed by atoms with Crippen LogP contribution in [-0.2, 0) is 0 Å². The van der Waals surface area contributed by atoms with E-state index >= 15 is 0 Å². The fourth-order valence-electron chi connectivity index (χ4n) is 1.71. The van der Waals surface area contributed by atoms with E-state index in [4.69, 9.17) is 16.0 Å². The van der Waals surface area contributed by atoms with Crippen LogP contribution in [0.25, 0.3) is 11.3 Å². The second-order valence-electron chi connectivity index (χ2n) is 3.68. The maximum atomic E-state index is 6.10. The van der Waals surface area contributed by atoms with Crippen LogP contribution < -0.4 is 4.72 Å². The molecule has 0 saturated heterocycles. The van der Waals surface area contributed by atoms with E-state index in [-0.39, 0.29) is 0 Å². The summed E-state index contributed by atoms with van der Waals surface area (Å²) in [7, 11) is 0. The fourth-order valence-corrected chi connectivity index (χ4v) is 2.73. The topological polar surface area (TPSA) is 37.5 Å². The predicted octanol–water partition coefficient (Wildman–Crippen LogP) is 4.26. The molecule has 0 unspecified atom stereocenters. The van der Waals surface area contributed by atoms with Gasteiger partial charge in [0.15, 0.2) is 0 Å². The zero-order valence-corrected chi connectivity index (χ0v) is 10.6. The molecular formula is C12H9ClN2OS. The molecule has 3 nitrogen and oxygen atoms in total. The van der Waals surface area contributed by atoms with Gasteiger partial charge in [-0.15, -0.1) is 0 Å². The molecule has 0 saturated carbocycles. The van der Waals surface area contributed by atoms with E-state index in [1.807, 2.05) is 31.2 Å². The summed E-state index contributed by atoms with van der Waals surface area (Å²) in [5.74, 6) is 1.65. The van der Waals surface area contributed by atoms with E-state index < -0.39 is 0 Å². The van der Waals surface area contributed by atoms with Crippen LogP contribution in [0.4, 0.5) is 5.69 Å². The van der Waals surface area contributed by atoms with Crippen LogP contribution in [0.3, 0.4) is 0 Å². The zero-order chi connectivity index (χ0) is 11.8. The van der Waals surface area contributed by atoms with Gasteiger partial charge in [0.05, 0.1) is 16.8 Å². The molecule has 5 heteroatoms. The van der Waals surface area contributed by atoms with Gasteiger partial charge in [-0.1, -0.05) is 11.6 Å². The van der Waals surface area contributed by atoms with Gasteiger partial charge in [0, 0.05) is 10.6 Å². The number of halogens is 1. The van der Waals surface area contributed by atoms with Crippen molar-refractivity contribution in [3.63, 3.8) is 0 Å². The van der Waals surface area contributed by atoms with E-state index in [0.29, 0.717) is 5.02 Å². The minimum absolute atomic E-state index is 0.680.